The Bertz CT molecular complexity index is 910. The molecule has 2 aromatic rings. The van der Waals surface area contributed by atoms with Crippen molar-refractivity contribution >= 4 is 0 Å². The van der Waals surface area contributed by atoms with E-state index in [0.717, 1.165) is 46.1 Å². The minimum atomic E-state index is 0.0915. The van der Waals surface area contributed by atoms with Crippen LogP contribution in [0.2, 0.25) is 0 Å². The lowest BCUT2D eigenvalue weighted by Crippen LogP contribution is -2.53. The average Bonchev–Trinajstić information content (AvgIpc) is 2.67. The van der Waals surface area contributed by atoms with Gasteiger partial charge in [-0.05, 0) is 23.3 Å². The summed E-state index contributed by atoms with van der Waals surface area (Å²) < 4.78 is 16.8. The summed E-state index contributed by atoms with van der Waals surface area (Å²) in [7, 11) is 6.88. The van der Waals surface area contributed by atoms with Gasteiger partial charge in [0.05, 0.1) is 46.0 Å². The van der Waals surface area contributed by atoms with E-state index in [9.17, 15) is 10.2 Å². The highest BCUT2D eigenvalue weighted by Crippen LogP contribution is 2.52. The van der Waals surface area contributed by atoms with E-state index in [4.69, 9.17) is 14.2 Å². The Hall–Kier alpha value is -2.60. The van der Waals surface area contributed by atoms with Crippen molar-refractivity contribution in [1.82, 2.24) is 0 Å². The number of aromatic hydroxyl groups is 2. The summed E-state index contributed by atoms with van der Waals surface area (Å²) in [6.45, 7) is 1.61. The van der Waals surface area contributed by atoms with E-state index in [0.29, 0.717) is 23.8 Å². The first-order valence-electron chi connectivity index (χ1n) is 9.12. The van der Waals surface area contributed by atoms with Crippen LogP contribution in [0.15, 0.2) is 18.2 Å². The van der Waals surface area contributed by atoms with E-state index in [-0.39, 0.29) is 17.5 Å². The molecule has 2 unspecified atom stereocenters. The van der Waals surface area contributed by atoms with Gasteiger partial charge in [0.1, 0.15) is 12.6 Å². The van der Waals surface area contributed by atoms with Crippen molar-refractivity contribution in [2.75, 3.05) is 34.9 Å². The van der Waals surface area contributed by atoms with Gasteiger partial charge in [0, 0.05) is 12.8 Å². The Morgan fingerprint density at radius 3 is 2.37 bits per heavy atom. The predicted molar refractivity (Wildman–Crippen MR) is 101 cm³/mol. The van der Waals surface area contributed by atoms with Gasteiger partial charge >= 0.3 is 0 Å². The second-order valence-corrected chi connectivity index (χ2v) is 7.62. The second-order valence-electron chi connectivity index (χ2n) is 7.62. The molecule has 0 aliphatic carbocycles. The van der Waals surface area contributed by atoms with Crippen LogP contribution in [0.25, 0.3) is 0 Å². The quantitative estimate of drug-likeness (QED) is 0.811. The SMILES string of the molecule is COc1ccc2c(c1O)C[N+]1(C)CCc3cc(OC)c(OC)c(O)c3C1C2. The third-order valence-electron chi connectivity index (χ3n) is 6.24. The topological polar surface area (TPSA) is 68.2 Å². The number of hydrogen-bond acceptors (Lipinski definition) is 5. The number of quaternary nitrogens is 1. The molecule has 0 radical (unpaired) electrons. The fourth-order valence-corrected chi connectivity index (χ4v) is 4.73. The molecule has 4 rings (SSSR count). The summed E-state index contributed by atoms with van der Waals surface area (Å²) >= 11 is 0. The molecule has 0 amide bonds. The smallest absolute Gasteiger partial charge is 0.203 e. The Labute approximate surface area is 159 Å². The number of phenols is 2. The first-order valence-corrected chi connectivity index (χ1v) is 9.12. The van der Waals surface area contributed by atoms with Gasteiger partial charge < -0.3 is 28.9 Å². The Morgan fingerprint density at radius 1 is 0.963 bits per heavy atom. The number of methoxy groups -OCH3 is 3. The average molecular weight is 372 g/mol. The van der Waals surface area contributed by atoms with Crippen molar-refractivity contribution in [3.05, 3.63) is 40.5 Å². The van der Waals surface area contributed by atoms with Gasteiger partial charge in [0.25, 0.3) is 0 Å². The van der Waals surface area contributed by atoms with Crippen LogP contribution in [-0.4, -0.2) is 49.6 Å². The fourth-order valence-electron chi connectivity index (χ4n) is 4.73. The van der Waals surface area contributed by atoms with Crippen molar-refractivity contribution < 1.29 is 28.9 Å². The molecule has 2 aliphatic rings. The number of ether oxygens (including phenoxy) is 3. The molecular formula is C21H26NO5+. The van der Waals surface area contributed by atoms with E-state index in [1.807, 2.05) is 18.2 Å². The molecule has 144 valence electrons. The molecular weight excluding hydrogens is 346 g/mol. The maximum Gasteiger partial charge on any atom is 0.203 e. The molecule has 2 atom stereocenters. The molecule has 27 heavy (non-hydrogen) atoms. The van der Waals surface area contributed by atoms with E-state index in [2.05, 4.69) is 7.05 Å². The van der Waals surface area contributed by atoms with E-state index >= 15 is 0 Å². The molecule has 0 saturated carbocycles. The molecule has 6 heteroatoms. The standard InChI is InChI=1S/C21H25NO5/c1-22-8-7-13-10-17(26-3)21(27-4)20(24)18(13)15(22)9-12-5-6-16(25-2)19(23)14(12)11-22/h5-6,10,15H,7-9,11H2,1-4H3,(H-,23,24)/p+1. The number of benzene rings is 2. The molecule has 0 aromatic heterocycles. The number of hydrogen-bond donors (Lipinski definition) is 2. The van der Waals surface area contributed by atoms with Gasteiger partial charge in [0.15, 0.2) is 23.0 Å². The molecule has 2 aromatic carbocycles. The number of rotatable bonds is 3. The molecule has 0 spiro atoms. The second kappa shape index (κ2) is 6.23. The number of phenolic OH excluding ortho intramolecular Hbond substituents is 2. The van der Waals surface area contributed by atoms with Crippen LogP contribution >= 0.6 is 0 Å². The van der Waals surface area contributed by atoms with Crippen LogP contribution in [0.5, 0.6) is 28.7 Å². The zero-order chi connectivity index (χ0) is 19.3. The first kappa shape index (κ1) is 17.8. The largest absolute Gasteiger partial charge is 0.504 e. The molecule has 0 saturated heterocycles. The predicted octanol–water partition coefficient (Wildman–Crippen LogP) is 2.92. The summed E-state index contributed by atoms with van der Waals surface area (Å²) in [5.41, 5.74) is 4.07. The molecule has 0 fully saturated rings. The van der Waals surface area contributed by atoms with Gasteiger partial charge in [-0.1, -0.05) is 6.07 Å². The van der Waals surface area contributed by atoms with Gasteiger partial charge in [-0.25, -0.2) is 0 Å². The maximum absolute atomic E-state index is 11.0. The lowest BCUT2D eigenvalue weighted by molar-refractivity contribution is -0.956. The van der Waals surface area contributed by atoms with Crippen LogP contribution in [-0.2, 0) is 19.4 Å². The lowest BCUT2D eigenvalue weighted by atomic mass is 9.81. The molecule has 6 nitrogen and oxygen atoms in total. The van der Waals surface area contributed by atoms with Gasteiger partial charge in [-0.3, -0.25) is 0 Å². The summed E-state index contributed by atoms with van der Waals surface area (Å²) in [6.07, 6.45) is 1.57. The first-order chi connectivity index (χ1) is 12.9. The van der Waals surface area contributed by atoms with E-state index in [1.165, 1.54) is 0 Å². The molecule has 2 aliphatic heterocycles. The third kappa shape index (κ3) is 2.51. The number of likely N-dealkylation sites (N-methyl/N-ethyl adjacent to an activating group) is 1. The highest BCUT2D eigenvalue weighted by atomic mass is 16.5. The molecule has 2 N–H and O–H groups in total. The summed E-state index contributed by atoms with van der Waals surface area (Å²) in [4.78, 5) is 0. The molecule has 2 heterocycles. The van der Waals surface area contributed by atoms with E-state index < -0.39 is 0 Å². The van der Waals surface area contributed by atoms with Gasteiger partial charge in [-0.2, -0.15) is 0 Å². The van der Waals surface area contributed by atoms with Gasteiger partial charge in [0.2, 0.25) is 5.75 Å². The molecule has 0 bridgehead atoms. The minimum Gasteiger partial charge on any atom is -0.504 e. The summed E-state index contributed by atoms with van der Waals surface area (Å²) in [6, 6.07) is 5.90. The van der Waals surface area contributed by atoms with Crippen LogP contribution in [0.4, 0.5) is 0 Å². The van der Waals surface area contributed by atoms with Crippen LogP contribution < -0.4 is 14.2 Å². The maximum atomic E-state index is 11.0. The lowest BCUT2D eigenvalue weighted by Gasteiger charge is -2.49. The summed E-state index contributed by atoms with van der Waals surface area (Å²) in [5.74, 6) is 1.85. The number of fused-ring (bicyclic) bond motifs is 4. The fraction of sp³-hybridized carbons (Fsp3) is 0.429. The van der Waals surface area contributed by atoms with Crippen molar-refractivity contribution in [2.45, 2.75) is 25.4 Å². The minimum absolute atomic E-state index is 0.0915. The Balaban J connectivity index is 1.87. The van der Waals surface area contributed by atoms with Crippen molar-refractivity contribution in [1.29, 1.82) is 0 Å². The highest BCUT2D eigenvalue weighted by Gasteiger charge is 2.46. The van der Waals surface area contributed by atoms with E-state index in [1.54, 1.807) is 21.3 Å². The van der Waals surface area contributed by atoms with Crippen LogP contribution in [0, 0.1) is 0 Å². The normalized spacial score (nSPS) is 23.0. The Kier molecular flexibility index (Phi) is 4.11. The van der Waals surface area contributed by atoms with Crippen molar-refractivity contribution in [3.63, 3.8) is 0 Å². The monoisotopic (exact) mass is 372 g/mol. The zero-order valence-electron chi connectivity index (χ0n) is 16.2. The van der Waals surface area contributed by atoms with Crippen molar-refractivity contribution in [3.8, 4) is 28.7 Å². The van der Waals surface area contributed by atoms with Crippen LogP contribution in [0.1, 0.15) is 28.3 Å². The zero-order valence-corrected chi connectivity index (χ0v) is 16.2. The summed E-state index contributed by atoms with van der Waals surface area (Å²) in [5, 5.41) is 21.6. The van der Waals surface area contributed by atoms with Gasteiger partial charge in [-0.15, -0.1) is 0 Å². The highest BCUT2D eigenvalue weighted by molar-refractivity contribution is 5.60. The number of nitrogens with zero attached hydrogens (tertiary/aromatic N) is 1. The Morgan fingerprint density at radius 2 is 1.70 bits per heavy atom. The third-order valence-corrected chi connectivity index (χ3v) is 6.24. The van der Waals surface area contributed by atoms with Crippen LogP contribution in [0.3, 0.4) is 0 Å². The van der Waals surface area contributed by atoms with Crippen molar-refractivity contribution in [2.24, 2.45) is 0 Å².